The number of fused-ring (bicyclic) bond motifs is 1. The van der Waals surface area contributed by atoms with E-state index in [9.17, 15) is 14.9 Å². The summed E-state index contributed by atoms with van der Waals surface area (Å²) in [4.78, 5) is 28.1. The molecule has 7 nitrogen and oxygen atoms in total. The number of thiazole rings is 1. The fraction of sp³-hybridized carbons (Fsp3) is 0.300. The summed E-state index contributed by atoms with van der Waals surface area (Å²) < 4.78 is 8.31. The number of benzene rings is 2. The molecule has 0 fully saturated rings. The van der Waals surface area contributed by atoms with Gasteiger partial charge in [0, 0.05) is 24.2 Å². The number of nitro benzene ring substituents is 1. The summed E-state index contributed by atoms with van der Waals surface area (Å²) >= 11 is 1.33. The molecule has 0 saturated carbocycles. The highest BCUT2D eigenvalue weighted by Crippen LogP contribution is 2.23. The first-order valence-electron chi connectivity index (χ1n) is 9.13. The van der Waals surface area contributed by atoms with Crippen LogP contribution in [-0.2, 0) is 6.54 Å². The van der Waals surface area contributed by atoms with Crippen molar-refractivity contribution in [3.63, 3.8) is 0 Å². The van der Waals surface area contributed by atoms with Crippen molar-refractivity contribution in [2.24, 2.45) is 4.99 Å². The van der Waals surface area contributed by atoms with E-state index in [2.05, 4.69) is 11.9 Å². The SMILES string of the molecule is CCCCOc1cccc(C(=O)N=c2sc3ccc([N+](=O)[O-])cc3n2CC)c1. The number of hydrogen-bond donors (Lipinski definition) is 0. The van der Waals surface area contributed by atoms with Gasteiger partial charge in [0.2, 0.25) is 0 Å². The fourth-order valence-electron chi connectivity index (χ4n) is 2.77. The first kappa shape index (κ1) is 19.8. The van der Waals surface area contributed by atoms with Crippen molar-refractivity contribution < 1.29 is 14.5 Å². The summed E-state index contributed by atoms with van der Waals surface area (Å²) in [5.74, 6) is 0.272. The number of unbranched alkanes of at least 4 members (excludes halogenated alkanes) is 1. The van der Waals surface area contributed by atoms with Crippen LogP contribution in [0.3, 0.4) is 0 Å². The molecule has 2 aromatic carbocycles. The molecule has 3 aromatic rings. The summed E-state index contributed by atoms with van der Waals surface area (Å²) in [6, 6.07) is 11.6. The van der Waals surface area contributed by atoms with Crippen LogP contribution in [0.25, 0.3) is 10.2 Å². The molecule has 1 amide bonds. The molecular weight excluding hydrogens is 378 g/mol. The predicted octanol–water partition coefficient (Wildman–Crippen LogP) is 4.55. The number of carbonyl (C=O) groups excluding carboxylic acids is 1. The van der Waals surface area contributed by atoms with Crippen molar-refractivity contribution in [1.82, 2.24) is 4.57 Å². The molecule has 28 heavy (non-hydrogen) atoms. The Bertz CT molecular complexity index is 1080. The number of amides is 1. The highest BCUT2D eigenvalue weighted by molar-refractivity contribution is 7.16. The van der Waals surface area contributed by atoms with Crippen LogP contribution >= 0.6 is 11.3 Å². The summed E-state index contributed by atoms with van der Waals surface area (Å²) in [7, 11) is 0. The van der Waals surface area contributed by atoms with E-state index < -0.39 is 4.92 Å². The number of hydrogen-bond acceptors (Lipinski definition) is 5. The van der Waals surface area contributed by atoms with E-state index in [1.807, 2.05) is 17.6 Å². The van der Waals surface area contributed by atoms with E-state index in [1.165, 1.54) is 23.5 Å². The third-order valence-electron chi connectivity index (χ3n) is 4.24. The van der Waals surface area contributed by atoms with Crippen LogP contribution < -0.4 is 9.54 Å². The standard InChI is InChI=1S/C20H21N3O4S/c1-3-5-11-27-16-8-6-7-14(12-16)19(24)21-20-22(4-2)17-13-15(23(25)26)9-10-18(17)28-20/h6-10,12-13H,3-5,11H2,1-2H3. The minimum Gasteiger partial charge on any atom is -0.494 e. The van der Waals surface area contributed by atoms with Crippen LogP contribution in [0.1, 0.15) is 37.0 Å². The van der Waals surface area contributed by atoms with Crippen LogP contribution in [0.15, 0.2) is 47.5 Å². The number of non-ortho nitro benzene ring substituents is 1. The third kappa shape index (κ3) is 4.28. The van der Waals surface area contributed by atoms with Crippen molar-refractivity contribution >= 4 is 33.1 Å². The molecule has 0 radical (unpaired) electrons. The zero-order valence-electron chi connectivity index (χ0n) is 15.8. The van der Waals surface area contributed by atoms with Gasteiger partial charge in [-0.25, -0.2) is 0 Å². The Hall–Kier alpha value is -3.00. The summed E-state index contributed by atoms with van der Waals surface area (Å²) in [5.41, 5.74) is 1.16. The summed E-state index contributed by atoms with van der Waals surface area (Å²) in [5, 5.41) is 11.1. The molecule has 0 bridgehead atoms. The number of aryl methyl sites for hydroxylation is 1. The van der Waals surface area contributed by atoms with E-state index in [4.69, 9.17) is 4.74 Å². The molecule has 0 unspecified atom stereocenters. The van der Waals surface area contributed by atoms with E-state index >= 15 is 0 Å². The third-order valence-corrected chi connectivity index (χ3v) is 5.30. The highest BCUT2D eigenvalue weighted by atomic mass is 32.1. The van der Waals surface area contributed by atoms with Crippen molar-refractivity contribution in [1.29, 1.82) is 0 Å². The summed E-state index contributed by atoms with van der Waals surface area (Å²) in [6.07, 6.45) is 1.99. The lowest BCUT2D eigenvalue weighted by Gasteiger charge is -2.06. The fourth-order valence-corrected chi connectivity index (χ4v) is 3.84. The van der Waals surface area contributed by atoms with Gasteiger partial charge in [-0.05, 0) is 37.6 Å². The number of aromatic nitrogens is 1. The van der Waals surface area contributed by atoms with Crippen LogP contribution in [0.4, 0.5) is 5.69 Å². The molecule has 3 rings (SSSR count). The molecule has 146 valence electrons. The number of carbonyl (C=O) groups is 1. The maximum absolute atomic E-state index is 12.7. The molecule has 1 aromatic heterocycles. The number of ether oxygens (including phenoxy) is 1. The molecule has 0 atom stereocenters. The molecule has 8 heteroatoms. The monoisotopic (exact) mass is 399 g/mol. The van der Waals surface area contributed by atoms with Gasteiger partial charge < -0.3 is 9.30 Å². The van der Waals surface area contributed by atoms with Crippen LogP contribution in [0.2, 0.25) is 0 Å². The largest absolute Gasteiger partial charge is 0.494 e. The Labute approximate surface area is 166 Å². The lowest BCUT2D eigenvalue weighted by atomic mass is 10.2. The average Bonchev–Trinajstić information content (AvgIpc) is 3.04. The van der Waals surface area contributed by atoms with Gasteiger partial charge in [0.15, 0.2) is 4.80 Å². The Balaban J connectivity index is 1.96. The zero-order chi connectivity index (χ0) is 20.1. The highest BCUT2D eigenvalue weighted by Gasteiger charge is 2.13. The van der Waals surface area contributed by atoms with Crippen molar-refractivity contribution in [3.05, 3.63) is 62.9 Å². The van der Waals surface area contributed by atoms with Gasteiger partial charge in [0.25, 0.3) is 11.6 Å². The van der Waals surface area contributed by atoms with E-state index in [0.717, 1.165) is 17.5 Å². The second-order valence-electron chi connectivity index (χ2n) is 6.18. The number of nitro groups is 1. The van der Waals surface area contributed by atoms with Crippen molar-refractivity contribution in [2.75, 3.05) is 6.61 Å². The Morgan fingerprint density at radius 1 is 1.25 bits per heavy atom. The number of nitrogens with zero attached hydrogens (tertiary/aromatic N) is 3. The topological polar surface area (TPSA) is 86.7 Å². The van der Waals surface area contributed by atoms with Crippen LogP contribution in [0, 0.1) is 10.1 Å². The Morgan fingerprint density at radius 2 is 2.07 bits per heavy atom. The molecule has 0 aliphatic rings. The van der Waals surface area contributed by atoms with Crippen LogP contribution in [-0.4, -0.2) is 22.0 Å². The van der Waals surface area contributed by atoms with Gasteiger partial charge in [-0.1, -0.05) is 30.7 Å². The lowest BCUT2D eigenvalue weighted by Crippen LogP contribution is -2.16. The smallest absolute Gasteiger partial charge is 0.279 e. The Morgan fingerprint density at radius 3 is 2.79 bits per heavy atom. The second-order valence-corrected chi connectivity index (χ2v) is 7.19. The quantitative estimate of drug-likeness (QED) is 0.331. The molecule has 0 saturated heterocycles. The van der Waals surface area contributed by atoms with Gasteiger partial charge in [-0.15, -0.1) is 0 Å². The minimum atomic E-state index is -0.427. The first-order valence-corrected chi connectivity index (χ1v) is 9.94. The summed E-state index contributed by atoms with van der Waals surface area (Å²) in [6.45, 7) is 5.16. The van der Waals surface area contributed by atoms with Gasteiger partial charge in [-0.3, -0.25) is 14.9 Å². The van der Waals surface area contributed by atoms with Gasteiger partial charge in [0.05, 0.1) is 21.7 Å². The average molecular weight is 399 g/mol. The first-order chi connectivity index (χ1) is 13.5. The predicted molar refractivity (Wildman–Crippen MR) is 109 cm³/mol. The molecular formula is C20H21N3O4S. The molecule has 0 aliphatic carbocycles. The van der Waals surface area contributed by atoms with Crippen molar-refractivity contribution in [2.45, 2.75) is 33.2 Å². The lowest BCUT2D eigenvalue weighted by molar-refractivity contribution is -0.384. The molecule has 0 aliphatic heterocycles. The van der Waals surface area contributed by atoms with E-state index in [0.29, 0.717) is 34.8 Å². The molecule has 0 N–H and O–H groups in total. The Kier molecular flexibility index (Phi) is 6.20. The normalized spacial score (nSPS) is 11.7. The van der Waals surface area contributed by atoms with Crippen molar-refractivity contribution in [3.8, 4) is 5.75 Å². The zero-order valence-corrected chi connectivity index (χ0v) is 16.6. The van der Waals surface area contributed by atoms with E-state index in [1.54, 1.807) is 24.3 Å². The maximum Gasteiger partial charge on any atom is 0.279 e. The molecule has 1 heterocycles. The van der Waals surface area contributed by atoms with E-state index in [-0.39, 0.29) is 11.6 Å². The van der Waals surface area contributed by atoms with Crippen LogP contribution in [0.5, 0.6) is 5.75 Å². The second kappa shape index (κ2) is 8.79. The van der Waals surface area contributed by atoms with Gasteiger partial charge >= 0.3 is 0 Å². The maximum atomic E-state index is 12.7. The van der Waals surface area contributed by atoms with Gasteiger partial charge in [0.1, 0.15) is 5.75 Å². The molecule has 0 spiro atoms. The minimum absolute atomic E-state index is 0.0160. The number of rotatable bonds is 7. The van der Waals surface area contributed by atoms with Gasteiger partial charge in [-0.2, -0.15) is 4.99 Å².